The number of hydrogen-bond donors (Lipinski definition) is 1. The SMILES string of the molecule is C=CC(=O)N(C)C.CCCNCc1ccccc1. The van der Waals surface area contributed by atoms with E-state index in [4.69, 9.17) is 0 Å². The molecule has 1 N–H and O–H groups in total. The first-order valence-corrected chi connectivity index (χ1v) is 6.20. The molecular formula is C15H24N2O. The van der Waals surface area contributed by atoms with E-state index in [0.717, 1.165) is 13.1 Å². The fraction of sp³-hybridized carbons (Fsp3) is 0.400. The van der Waals surface area contributed by atoms with Crippen molar-refractivity contribution in [3.63, 3.8) is 0 Å². The molecule has 0 heterocycles. The van der Waals surface area contributed by atoms with Gasteiger partial charge in [-0.3, -0.25) is 4.79 Å². The molecular weight excluding hydrogens is 224 g/mol. The van der Waals surface area contributed by atoms with E-state index < -0.39 is 0 Å². The molecule has 3 nitrogen and oxygen atoms in total. The number of carbonyl (C=O) groups excluding carboxylic acids is 1. The molecule has 0 atom stereocenters. The van der Waals surface area contributed by atoms with Crippen LogP contribution >= 0.6 is 0 Å². The normalized spacial score (nSPS) is 9.06. The lowest BCUT2D eigenvalue weighted by molar-refractivity contribution is -0.123. The van der Waals surface area contributed by atoms with E-state index in [-0.39, 0.29) is 5.91 Å². The lowest BCUT2D eigenvalue weighted by atomic mass is 10.2. The first-order chi connectivity index (χ1) is 8.61. The smallest absolute Gasteiger partial charge is 0.245 e. The Labute approximate surface area is 111 Å². The standard InChI is InChI=1S/C10H15N.C5H9NO/c1-2-8-11-9-10-6-4-3-5-7-10;1-4-5(7)6(2)3/h3-7,11H,2,8-9H2,1H3;4H,1H2,2-3H3. The van der Waals surface area contributed by atoms with E-state index in [9.17, 15) is 4.79 Å². The van der Waals surface area contributed by atoms with Crippen LogP contribution in [0.5, 0.6) is 0 Å². The molecule has 0 spiro atoms. The zero-order valence-corrected chi connectivity index (χ0v) is 11.6. The van der Waals surface area contributed by atoms with Crippen molar-refractivity contribution < 1.29 is 4.79 Å². The Morgan fingerprint density at radius 1 is 1.33 bits per heavy atom. The maximum atomic E-state index is 10.3. The summed E-state index contributed by atoms with van der Waals surface area (Å²) in [6.07, 6.45) is 2.48. The minimum Gasteiger partial charge on any atom is -0.345 e. The van der Waals surface area contributed by atoms with E-state index in [0.29, 0.717) is 0 Å². The molecule has 0 unspecified atom stereocenters. The summed E-state index contributed by atoms with van der Waals surface area (Å²) in [6, 6.07) is 10.5. The van der Waals surface area contributed by atoms with Gasteiger partial charge in [0.1, 0.15) is 0 Å². The molecule has 0 aliphatic carbocycles. The van der Waals surface area contributed by atoms with Gasteiger partial charge < -0.3 is 10.2 Å². The highest BCUT2D eigenvalue weighted by Crippen LogP contribution is 1.96. The molecule has 0 aromatic heterocycles. The topological polar surface area (TPSA) is 32.3 Å². The van der Waals surface area contributed by atoms with Gasteiger partial charge in [0.05, 0.1) is 0 Å². The lowest BCUT2D eigenvalue weighted by Crippen LogP contribution is -2.18. The summed E-state index contributed by atoms with van der Waals surface area (Å²) in [5.41, 5.74) is 1.36. The van der Waals surface area contributed by atoms with Gasteiger partial charge in [-0.15, -0.1) is 0 Å². The number of amides is 1. The first-order valence-electron chi connectivity index (χ1n) is 6.20. The van der Waals surface area contributed by atoms with Gasteiger partial charge in [-0.2, -0.15) is 0 Å². The minimum atomic E-state index is -0.0556. The molecule has 1 aromatic rings. The van der Waals surface area contributed by atoms with E-state index in [2.05, 4.69) is 43.1 Å². The van der Waals surface area contributed by atoms with Crippen LogP contribution in [0.15, 0.2) is 43.0 Å². The fourth-order valence-corrected chi connectivity index (χ4v) is 1.19. The highest BCUT2D eigenvalue weighted by molar-refractivity contribution is 5.86. The van der Waals surface area contributed by atoms with Crippen LogP contribution in [0.4, 0.5) is 0 Å². The van der Waals surface area contributed by atoms with Crippen LogP contribution in [-0.4, -0.2) is 31.4 Å². The third-order valence-electron chi connectivity index (χ3n) is 2.21. The third-order valence-corrected chi connectivity index (χ3v) is 2.21. The molecule has 1 amide bonds. The summed E-state index contributed by atoms with van der Waals surface area (Å²) < 4.78 is 0. The third kappa shape index (κ3) is 8.53. The predicted molar refractivity (Wildman–Crippen MR) is 77.3 cm³/mol. The van der Waals surface area contributed by atoms with Gasteiger partial charge in [-0.25, -0.2) is 0 Å². The van der Waals surface area contributed by atoms with E-state index in [1.807, 2.05) is 6.07 Å². The van der Waals surface area contributed by atoms with Gasteiger partial charge in [-0.05, 0) is 24.6 Å². The fourth-order valence-electron chi connectivity index (χ4n) is 1.19. The number of benzene rings is 1. The monoisotopic (exact) mass is 248 g/mol. The molecule has 3 heteroatoms. The Balaban J connectivity index is 0.000000360. The summed E-state index contributed by atoms with van der Waals surface area (Å²) in [5.74, 6) is -0.0556. The molecule has 18 heavy (non-hydrogen) atoms. The van der Waals surface area contributed by atoms with Crippen LogP contribution in [-0.2, 0) is 11.3 Å². The summed E-state index contributed by atoms with van der Waals surface area (Å²) in [4.78, 5) is 11.8. The summed E-state index contributed by atoms with van der Waals surface area (Å²) in [6.45, 7) is 7.57. The van der Waals surface area contributed by atoms with Crippen molar-refractivity contribution in [2.24, 2.45) is 0 Å². The van der Waals surface area contributed by atoms with Crippen molar-refractivity contribution in [1.29, 1.82) is 0 Å². The average Bonchev–Trinajstić information content (AvgIpc) is 2.40. The average molecular weight is 248 g/mol. The maximum absolute atomic E-state index is 10.3. The maximum Gasteiger partial charge on any atom is 0.245 e. The number of carbonyl (C=O) groups is 1. The van der Waals surface area contributed by atoms with Crippen molar-refractivity contribution >= 4 is 5.91 Å². The Hall–Kier alpha value is -1.61. The minimum absolute atomic E-state index is 0.0556. The number of likely N-dealkylation sites (N-methyl/N-ethyl adjacent to an activating group) is 1. The summed E-state index contributed by atoms with van der Waals surface area (Å²) >= 11 is 0. The van der Waals surface area contributed by atoms with Gasteiger partial charge in [-0.1, -0.05) is 43.8 Å². The molecule has 1 aromatic carbocycles. The van der Waals surface area contributed by atoms with Crippen molar-refractivity contribution in [1.82, 2.24) is 10.2 Å². The van der Waals surface area contributed by atoms with E-state index in [1.54, 1.807) is 14.1 Å². The highest BCUT2D eigenvalue weighted by Gasteiger charge is 1.91. The van der Waals surface area contributed by atoms with Crippen molar-refractivity contribution in [3.05, 3.63) is 48.6 Å². The molecule has 0 aliphatic heterocycles. The second-order valence-electron chi connectivity index (χ2n) is 4.10. The predicted octanol–water partition coefficient (Wildman–Crippen LogP) is 2.45. The Kier molecular flexibility index (Phi) is 9.60. The van der Waals surface area contributed by atoms with Gasteiger partial charge in [0.25, 0.3) is 0 Å². The summed E-state index contributed by atoms with van der Waals surface area (Å²) in [5, 5.41) is 3.35. The van der Waals surface area contributed by atoms with Gasteiger partial charge in [0.2, 0.25) is 5.91 Å². The molecule has 0 bridgehead atoms. The lowest BCUT2D eigenvalue weighted by Gasteiger charge is -2.03. The van der Waals surface area contributed by atoms with Crippen LogP contribution < -0.4 is 5.32 Å². The van der Waals surface area contributed by atoms with Crippen LogP contribution in [0.25, 0.3) is 0 Å². The Morgan fingerprint density at radius 3 is 2.33 bits per heavy atom. The van der Waals surface area contributed by atoms with Gasteiger partial charge in [0, 0.05) is 20.6 Å². The van der Waals surface area contributed by atoms with E-state index >= 15 is 0 Å². The van der Waals surface area contributed by atoms with E-state index in [1.165, 1.54) is 23.0 Å². The van der Waals surface area contributed by atoms with Gasteiger partial charge in [0.15, 0.2) is 0 Å². The summed E-state index contributed by atoms with van der Waals surface area (Å²) in [7, 11) is 3.37. The second-order valence-corrected chi connectivity index (χ2v) is 4.10. The molecule has 100 valence electrons. The highest BCUT2D eigenvalue weighted by atomic mass is 16.2. The molecule has 0 saturated heterocycles. The zero-order chi connectivity index (χ0) is 13.8. The second kappa shape index (κ2) is 10.5. The molecule has 0 aliphatic rings. The largest absolute Gasteiger partial charge is 0.345 e. The number of hydrogen-bond acceptors (Lipinski definition) is 2. The van der Waals surface area contributed by atoms with Crippen LogP contribution in [0, 0.1) is 0 Å². The molecule has 0 radical (unpaired) electrons. The van der Waals surface area contributed by atoms with Crippen molar-refractivity contribution in [2.45, 2.75) is 19.9 Å². The molecule has 0 fully saturated rings. The quantitative estimate of drug-likeness (QED) is 0.641. The zero-order valence-electron chi connectivity index (χ0n) is 11.6. The number of nitrogens with one attached hydrogen (secondary N) is 1. The molecule has 0 saturated carbocycles. The first kappa shape index (κ1) is 16.4. The van der Waals surface area contributed by atoms with Crippen molar-refractivity contribution in [2.75, 3.05) is 20.6 Å². The van der Waals surface area contributed by atoms with Gasteiger partial charge >= 0.3 is 0 Å². The number of rotatable bonds is 5. The van der Waals surface area contributed by atoms with Crippen LogP contribution in [0.1, 0.15) is 18.9 Å². The molecule has 1 rings (SSSR count). The van der Waals surface area contributed by atoms with Crippen molar-refractivity contribution in [3.8, 4) is 0 Å². The van der Waals surface area contributed by atoms with Crippen LogP contribution in [0.3, 0.4) is 0 Å². The number of nitrogens with zero attached hydrogens (tertiary/aromatic N) is 1. The Morgan fingerprint density at radius 2 is 1.94 bits per heavy atom. The Bertz CT molecular complexity index is 334. The van der Waals surface area contributed by atoms with Crippen LogP contribution in [0.2, 0.25) is 0 Å².